The normalized spacial score (nSPS) is 14.3. The Labute approximate surface area is 322 Å². The minimum atomic E-state index is -5.13. The van der Waals surface area contributed by atoms with Gasteiger partial charge in [-0.3, -0.25) is 4.90 Å². The summed E-state index contributed by atoms with van der Waals surface area (Å²) in [5.74, 6) is -0.563. The fourth-order valence-corrected chi connectivity index (χ4v) is 8.23. The van der Waals surface area contributed by atoms with E-state index >= 15 is 0 Å². The minimum Gasteiger partial charge on any atom is -0.743 e. The molecular weight excluding hydrogens is 700 g/mol. The van der Waals surface area contributed by atoms with Crippen molar-refractivity contribution in [3.05, 3.63) is 118 Å². The average molecular weight is 723 g/mol. The van der Waals surface area contributed by atoms with E-state index in [0.29, 0.717) is 33.7 Å². The molecule has 0 bridgehead atoms. The molecule has 7 rings (SSSR count). The summed E-state index contributed by atoms with van der Waals surface area (Å²) >= 11 is 1.31. The molecule has 236 valence electrons. The molecule has 0 atom stereocenters. The molecule has 0 radical (unpaired) electrons. The van der Waals surface area contributed by atoms with Crippen LogP contribution in [-0.2, 0) is 26.1 Å². The van der Waals surface area contributed by atoms with E-state index in [1.54, 1.807) is 36.4 Å². The number of hydrogen-bond donors (Lipinski definition) is 0. The smallest absolute Gasteiger partial charge is 0.743 e. The van der Waals surface area contributed by atoms with Crippen LogP contribution in [0.4, 0.5) is 5.69 Å². The SMILES string of the molecule is C=C=C=C(N1C(=CC(=Cc2sc3c4ccccc4ccc3[n+]2CS(=O)(=O)[O-])CC)Oc2cc3c(cc21)oc1ccccc13)S(=O)(=O)[O-].[K+]. The number of rotatable bonds is 7. The Bertz CT molecular complexity index is 2680. The van der Waals surface area contributed by atoms with Crippen LogP contribution in [0, 0.1) is 0 Å². The molecule has 0 N–H and O–H groups in total. The van der Waals surface area contributed by atoms with Crippen LogP contribution in [0.1, 0.15) is 18.4 Å². The van der Waals surface area contributed by atoms with Crippen LogP contribution in [0.2, 0.25) is 0 Å². The Kier molecular flexibility index (Phi) is 9.48. The Morgan fingerprint density at radius 1 is 0.979 bits per heavy atom. The largest absolute Gasteiger partial charge is 1.00 e. The van der Waals surface area contributed by atoms with E-state index in [4.69, 9.17) is 9.15 Å². The molecule has 0 spiro atoms. The Hall–Kier alpha value is -3.33. The van der Waals surface area contributed by atoms with Crippen LogP contribution >= 0.6 is 11.3 Å². The first-order chi connectivity index (χ1) is 22.4. The Morgan fingerprint density at radius 2 is 1.71 bits per heavy atom. The van der Waals surface area contributed by atoms with Crippen molar-refractivity contribution in [2.45, 2.75) is 19.2 Å². The second-order valence-electron chi connectivity index (χ2n) is 10.7. The van der Waals surface area contributed by atoms with E-state index < -0.39 is 31.1 Å². The van der Waals surface area contributed by atoms with Crippen molar-refractivity contribution < 1.29 is 91.0 Å². The third-order valence-electron chi connectivity index (χ3n) is 7.70. The fourth-order valence-electron chi connectivity index (χ4n) is 5.67. The number of anilines is 1. The summed E-state index contributed by atoms with van der Waals surface area (Å²) in [7, 11) is -9.81. The molecule has 14 heteroatoms. The van der Waals surface area contributed by atoms with Gasteiger partial charge in [0.15, 0.2) is 20.9 Å². The fraction of sp³-hybridized carbons (Fsp3) is 0.0882. The van der Waals surface area contributed by atoms with E-state index in [2.05, 4.69) is 18.0 Å². The average Bonchev–Trinajstić information content (AvgIpc) is 3.67. The van der Waals surface area contributed by atoms with Crippen LogP contribution in [0.3, 0.4) is 0 Å². The Morgan fingerprint density at radius 3 is 2.42 bits per heavy atom. The van der Waals surface area contributed by atoms with Crippen molar-refractivity contribution in [1.29, 1.82) is 0 Å². The number of furan rings is 1. The molecule has 0 fully saturated rings. The Balaban J connectivity index is 0.00000401. The van der Waals surface area contributed by atoms with Gasteiger partial charge in [0.1, 0.15) is 26.0 Å². The number of allylic oxidation sites excluding steroid dienone is 2. The van der Waals surface area contributed by atoms with Crippen LogP contribution in [0.15, 0.2) is 118 Å². The molecule has 0 unspecified atom stereocenters. The minimum absolute atomic E-state index is 0. The van der Waals surface area contributed by atoms with Crippen LogP contribution < -0.4 is 65.6 Å². The van der Waals surface area contributed by atoms with Gasteiger partial charge >= 0.3 is 51.4 Å². The van der Waals surface area contributed by atoms with E-state index in [1.807, 2.05) is 55.5 Å². The summed E-state index contributed by atoms with van der Waals surface area (Å²) in [6.07, 6.45) is 3.64. The summed E-state index contributed by atoms with van der Waals surface area (Å²) in [4.78, 5) is 1.11. The molecule has 4 aromatic carbocycles. The van der Waals surface area contributed by atoms with Crippen molar-refractivity contribution in [1.82, 2.24) is 0 Å². The van der Waals surface area contributed by atoms with Gasteiger partial charge in [0.05, 0.1) is 5.69 Å². The molecule has 10 nitrogen and oxygen atoms in total. The maximum Gasteiger partial charge on any atom is 1.00 e. The summed E-state index contributed by atoms with van der Waals surface area (Å²) in [5.41, 5.74) is 7.01. The van der Waals surface area contributed by atoms with Gasteiger partial charge in [-0.15, -0.1) is 0 Å². The summed E-state index contributed by atoms with van der Waals surface area (Å²) in [6.45, 7) is 5.25. The summed E-state index contributed by atoms with van der Waals surface area (Å²) < 4.78 is 88.0. The second kappa shape index (κ2) is 13.2. The van der Waals surface area contributed by atoms with Crippen molar-refractivity contribution >= 4 is 86.3 Å². The molecule has 1 aliphatic rings. The van der Waals surface area contributed by atoms with Gasteiger partial charge in [0, 0.05) is 40.4 Å². The maximum atomic E-state index is 12.5. The number of thiazole rings is 1. The van der Waals surface area contributed by atoms with Gasteiger partial charge in [-0.1, -0.05) is 66.5 Å². The van der Waals surface area contributed by atoms with Gasteiger partial charge in [-0.05, 0) is 47.9 Å². The predicted molar refractivity (Wildman–Crippen MR) is 178 cm³/mol. The molecule has 3 heterocycles. The molecule has 2 aromatic heterocycles. The quantitative estimate of drug-likeness (QED) is 0.105. The van der Waals surface area contributed by atoms with Gasteiger partial charge in [-0.25, -0.2) is 16.8 Å². The second-order valence-corrected chi connectivity index (χ2v) is 14.4. The van der Waals surface area contributed by atoms with Crippen LogP contribution in [-0.4, -0.2) is 25.9 Å². The van der Waals surface area contributed by atoms with Gasteiger partial charge in [-0.2, -0.15) is 4.57 Å². The number of ether oxygens (including phenoxy) is 1. The molecule has 1 aliphatic heterocycles. The van der Waals surface area contributed by atoms with E-state index in [-0.39, 0.29) is 68.7 Å². The molecular formula is C34H23KN2O8S3. The maximum absolute atomic E-state index is 12.5. The first kappa shape index (κ1) is 34.5. The number of benzene rings is 4. The zero-order chi connectivity index (χ0) is 33.1. The molecule has 0 saturated carbocycles. The van der Waals surface area contributed by atoms with Crippen LogP contribution in [0.5, 0.6) is 5.75 Å². The zero-order valence-electron chi connectivity index (χ0n) is 25.6. The molecule has 6 aromatic rings. The summed E-state index contributed by atoms with van der Waals surface area (Å²) in [6, 6.07) is 21.9. The third kappa shape index (κ3) is 6.39. The predicted octanol–water partition coefficient (Wildman–Crippen LogP) is 3.61. The number of nitrogens with zero attached hydrogens (tertiary/aromatic N) is 2. The number of para-hydroxylation sites is 1. The molecule has 0 amide bonds. The first-order valence-corrected chi connectivity index (χ1v) is 18.0. The van der Waals surface area contributed by atoms with Crippen molar-refractivity contribution in [2.75, 3.05) is 4.90 Å². The number of aromatic nitrogens is 1. The van der Waals surface area contributed by atoms with Crippen molar-refractivity contribution in [2.24, 2.45) is 0 Å². The molecule has 0 aliphatic carbocycles. The zero-order valence-corrected chi connectivity index (χ0v) is 31.2. The third-order valence-corrected chi connectivity index (χ3v) is 10.2. The van der Waals surface area contributed by atoms with Crippen molar-refractivity contribution in [3.8, 4) is 5.75 Å². The van der Waals surface area contributed by atoms with Crippen LogP contribution in [0.25, 0.3) is 49.0 Å². The first-order valence-electron chi connectivity index (χ1n) is 14.2. The van der Waals surface area contributed by atoms with Gasteiger partial charge in [0.25, 0.3) is 5.01 Å². The number of fused-ring (bicyclic) bond motifs is 7. The number of hydrogen-bond acceptors (Lipinski definition) is 10. The van der Waals surface area contributed by atoms with E-state index in [0.717, 1.165) is 31.1 Å². The van der Waals surface area contributed by atoms with E-state index in [9.17, 15) is 25.9 Å². The van der Waals surface area contributed by atoms with Gasteiger partial charge < -0.3 is 18.3 Å². The van der Waals surface area contributed by atoms with E-state index in [1.165, 1.54) is 15.9 Å². The van der Waals surface area contributed by atoms with Gasteiger partial charge in [0.2, 0.25) is 17.3 Å². The standard InChI is InChI=1S/C34H24N2O8S3.K/c1-3-9-33(47(40,41)42)36-27-19-29-25(24-12-7-8-13-28(24)43-29)18-30(27)44-31(36)16-21(4-2)17-32-35(20-46(37,38)39)26-15-14-22-10-5-6-11-23(22)34(26)45-32;/h5-8,10-19H,1,4,20H2,2H3,(H-,37,38,39,40,41,42);/q;+1/p-1. The topological polar surface area (TPSA) is 144 Å². The molecule has 48 heavy (non-hydrogen) atoms. The molecule has 0 saturated heterocycles. The monoisotopic (exact) mass is 722 g/mol. The van der Waals surface area contributed by atoms with Crippen molar-refractivity contribution in [3.63, 3.8) is 0 Å². The summed E-state index contributed by atoms with van der Waals surface area (Å²) in [5, 5.41) is 3.07.